The molecular weight excluding hydrogens is 323 g/mol. The Kier molecular flexibility index (Phi) is 4.59. The van der Waals surface area contributed by atoms with Crippen LogP contribution in [0.4, 0.5) is 0 Å². The average molecular weight is 340 g/mol. The maximum Gasteiger partial charge on any atom is 0.327 e. The summed E-state index contributed by atoms with van der Waals surface area (Å²) in [6.07, 6.45) is 2.24. The van der Waals surface area contributed by atoms with Crippen molar-refractivity contribution in [1.82, 2.24) is 10.1 Å². The maximum absolute atomic E-state index is 12.5. The molecule has 2 aromatic rings. The minimum Gasteiger partial charge on any atom is -0.468 e. The molecule has 2 heterocycles. The Labute approximate surface area is 132 Å². The third-order valence-corrected chi connectivity index (χ3v) is 7.54. The van der Waals surface area contributed by atoms with Crippen LogP contribution in [0.1, 0.15) is 5.56 Å². The molecule has 1 aromatic heterocycles. The summed E-state index contributed by atoms with van der Waals surface area (Å²) in [5, 5.41) is 3.89. The number of hydrogen-bond donors (Lipinski definition) is 2. The molecule has 0 radical (unpaired) electrons. The van der Waals surface area contributed by atoms with E-state index in [0.29, 0.717) is 18.8 Å². The summed E-state index contributed by atoms with van der Waals surface area (Å²) in [7, 11) is 1.32. The van der Waals surface area contributed by atoms with Crippen LogP contribution in [0.5, 0.6) is 0 Å². The van der Waals surface area contributed by atoms with Gasteiger partial charge in [0, 0.05) is 29.3 Å². The van der Waals surface area contributed by atoms with Gasteiger partial charge in [0.15, 0.2) is 0 Å². The summed E-state index contributed by atoms with van der Waals surface area (Å²) in [4.78, 5) is 15.2. The predicted octanol–water partition coefficient (Wildman–Crippen LogP) is 2.71. The summed E-state index contributed by atoms with van der Waals surface area (Å²) in [5.41, 5.74) is 1.97. The molecule has 6 nitrogen and oxygen atoms in total. The highest BCUT2D eigenvalue weighted by Gasteiger charge is 2.35. The molecule has 1 saturated heterocycles. The number of aromatic nitrogens is 1. The molecule has 1 aliphatic heterocycles. The summed E-state index contributed by atoms with van der Waals surface area (Å²) in [6, 6.07) is 7.13. The lowest BCUT2D eigenvalue weighted by molar-refractivity contribution is -0.142. The quantitative estimate of drug-likeness (QED) is 0.643. The number of nitrogens with one attached hydrogen (secondary N) is 2. The topological polar surface area (TPSA) is 80.4 Å². The number of fused-ring (bicyclic) bond motifs is 1. The average Bonchev–Trinajstić information content (AvgIpc) is 3.13. The van der Waals surface area contributed by atoms with Crippen LogP contribution in [-0.4, -0.2) is 36.5 Å². The van der Waals surface area contributed by atoms with Gasteiger partial charge in [-0.3, -0.25) is 9.36 Å². The second-order valence-corrected chi connectivity index (χ2v) is 9.33. The van der Waals surface area contributed by atoms with Crippen LogP contribution >= 0.6 is 18.1 Å². The molecule has 2 N–H and O–H groups in total. The van der Waals surface area contributed by atoms with Crippen molar-refractivity contribution in [3.05, 3.63) is 36.0 Å². The predicted molar refractivity (Wildman–Crippen MR) is 87.0 cm³/mol. The Morgan fingerprint density at radius 2 is 2.36 bits per heavy atom. The number of methoxy groups -OCH3 is 1. The van der Waals surface area contributed by atoms with Gasteiger partial charge >= 0.3 is 12.7 Å². The SMILES string of the molecule is COC(=O)[C@H](Cc1c[nH]c2ccccc12)NP1(=O)OCCS1. The zero-order valence-corrected chi connectivity index (χ0v) is 13.8. The summed E-state index contributed by atoms with van der Waals surface area (Å²) < 4.78 is 22.5. The number of esters is 1. The molecule has 0 amide bonds. The van der Waals surface area contributed by atoms with E-state index in [9.17, 15) is 9.36 Å². The molecule has 1 aromatic carbocycles. The van der Waals surface area contributed by atoms with Crippen LogP contribution in [0.25, 0.3) is 10.9 Å². The minimum atomic E-state index is -3.02. The van der Waals surface area contributed by atoms with Gasteiger partial charge in [0.2, 0.25) is 0 Å². The Morgan fingerprint density at radius 1 is 1.55 bits per heavy atom. The van der Waals surface area contributed by atoms with Crippen molar-refractivity contribution in [1.29, 1.82) is 0 Å². The van der Waals surface area contributed by atoms with Gasteiger partial charge in [-0.1, -0.05) is 29.6 Å². The third-order valence-electron chi connectivity index (χ3n) is 3.50. The summed E-state index contributed by atoms with van der Waals surface area (Å²) in [5.74, 6) is 0.210. The Bertz CT molecular complexity index is 722. The van der Waals surface area contributed by atoms with Crippen LogP contribution < -0.4 is 5.09 Å². The lowest BCUT2D eigenvalue weighted by Crippen LogP contribution is -2.37. The van der Waals surface area contributed by atoms with E-state index in [2.05, 4.69) is 10.1 Å². The molecule has 22 heavy (non-hydrogen) atoms. The monoisotopic (exact) mass is 340 g/mol. The van der Waals surface area contributed by atoms with E-state index < -0.39 is 18.7 Å². The van der Waals surface area contributed by atoms with Gasteiger partial charge in [-0.05, 0) is 11.6 Å². The van der Waals surface area contributed by atoms with E-state index in [4.69, 9.17) is 9.26 Å². The second-order valence-electron chi connectivity index (χ2n) is 4.93. The van der Waals surface area contributed by atoms with Crippen LogP contribution in [0, 0.1) is 0 Å². The van der Waals surface area contributed by atoms with Gasteiger partial charge in [0.1, 0.15) is 6.04 Å². The Balaban J connectivity index is 1.83. The number of benzene rings is 1. The van der Waals surface area contributed by atoms with E-state index in [1.54, 1.807) is 0 Å². The first-order valence-electron chi connectivity index (χ1n) is 6.91. The zero-order chi connectivity index (χ0) is 15.6. The van der Waals surface area contributed by atoms with Crippen molar-refractivity contribution in [3.63, 3.8) is 0 Å². The molecule has 0 aliphatic carbocycles. The van der Waals surface area contributed by atoms with Gasteiger partial charge in [-0.15, -0.1) is 0 Å². The van der Waals surface area contributed by atoms with E-state index in [-0.39, 0.29) is 0 Å². The smallest absolute Gasteiger partial charge is 0.327 e. The van der Waals surface area contributed by atoms with Crippen LogP contribution in [0.2, 0.25) is 0 Å². The van der Waals surface area contributed by atoms with Gasteiger partial charge < -0.3 is 14.2 Å². The fourth-order valence-corrected chi connectivity index (χ4v) is 6.11. The lowest BCUT2D eigenvalue weighted by Gasteiger charge is -2.19. The number of carbonyl (C=O) groups is 1. The number of aromatic amines is 1. The van der Waals surface area contributed by atoms with Gasteiger partial charge in [0.05, 0.1) is 13.7 Å². The fraction of sp³-hybridized carbons (Fsp3) is 0.357. The molecule has 0 saturated carbocycles. The van der Waals surface area contributed by atoms with Gasteiger partial charge in [-0.25, -0.2) is 5.09 Å². The fourth-order valence-electron chi connectivity index (χ4n) is 2.46. The maximum atomic E-state index is 12.5. The minimum absolute atomic E-state index is 0.380. The van der Waals surface area contributed by atoms with Crippen molar-refractivity contribution in [3.8, 4) is 0 Å². The van der Waals surface area contributed by atoms with Crippen molar-refractivity contribution in [2.75, 3.05) is 19.5 Å². The van der Waals surface area contributed by atoms with Gasteiger partial charge in [0.25, 0.3) is 0 Å². The highest BCUT2D eigenvalue weighted by atomic mass is 32.7. The number of rotatable bonds is 5. The van der Waals surface area contributed by atoms with E-state index >= 15 is 0 Å². The van der Waals surface area contributed by atoms with Gasteiger partial charge in [-0.2, -0.15) is 0 Å². The molecular formula is C14H17N2O4PS. The largest absolute Gasteiger partial charge is 0.468 e. The van der Waals surface area contributed by atoms with Crippen molar-refractivity contribution in [2.24, 2.45) is 0 Å². The Morgan fingerprint density at radius 3 is 3.09 bits per heavy atom. The van der Waals surface area contributed by atoms with E-state index in [0.717, 1.165) is 16.5 Å². The lowest BCUT2D eigenvalue weighted by atomic mass is 10.1. The first-order chi connectivity index (χ1) is 10.6. The van der Waals surface area contributed by atoms with Crippen LogP contribution in [0.15, 0.2) is 30.5 Å². The number of ether oxygens (including phenoxy) is 1. The molecule has 1 aliphatic rings. The highest BCUT2D eigenvalue weighted by molar-refractivity contribution is 8.56. The van der Waals surface area contributed by atoms with E-state index in [1.165, 1.54) is 18.5 Å². The highest BCUT2D eigenvalue weighted by Crippen LogP contribution is 2.60. The standard InChI is InChI=1S/C14H17N2O4PS/c1-19-14(17)13(16-21(18)20-6-7-22-21)8-10-9-15-12-5-3-2-4-11(10)12/h2-5,9,13,15H,6-8H2,1H3,(H,16,18)/t13-,21?/m0/s1. The summed E-state index contributed by atoms with van der Waals surface area (Å²) >= 11 is 1.22. The molecule has 118 valence electrons. The van der Waals surface area contributed by atoms with Crippen molar-refractivity contribution >= 4 is 35.0 Å². The number of para-hydroxylation sites is 1. The van der Waals surface area contributed by atoms with E-state index in [1.807, 2.05) is 30.5 Å². The summed E-state index contributed by atoms with van der Waals surface area (Å²) in [6.45, 7) is -2.59. The van der Waals surface area contributed by atoms with Crippen molar-refractivity contribution in [2.45, 2.75) is 12.5 Å². The normalized spacial score (nSPS) is 22.8. The first-order valence-corrected chi connectivity index (χ1v) is 10.1. The third kappa shape index (κ3) is 3.22. The second kappa shape index (κ2) is 6.46. The number of H-pyrrole nitrogens is 1. The molecule has 3 rings (SSSR count). The first kappa shape index (κ1) is 15.6. The zero-order valence-electron chi connectivity index (χ0n) is 12.1. The molecule has 0 spiro atoms. The number of carbonyl (C=O) groups excluding carboxylic acids is 1. The molecule has 1 unspecified atom stereocenters. The molecule has 1 fully saturated rings. The van der Waals surface area contributed by atoms with Crippen LogP contribution in [0.3, 0.4) is 0 Å². The molecule has 2 atom stereocenters. The van der Waals surface area contributed by atoms with Crippen LogP contribution in [-0.2, 0) is 25.0 Å². The van der Waals surface area contributed by atoms with Crippen molar-refractivity contribution < 1.29 is 18.6 Å². The molecule has 8 heteroatoms. The number of hydrogen-bond acceptors (Lipinski definition) is 5. The molecule has 0 bridgehead atoms. The Hall–Kier alpha value is -1.27.